The van der Waals surface area contributed by atoms with Gasteiger partial charge in [-0.1, -0.05) is 29.3 Å². The molecule has 1 unspecified atom stereocenters. The lowest BCUT2D eigenvalue weighted by Gasteiger charge is -2.13. The third kappa shape index (κ3) is 4.40. The first kappa shape index (κ1) is 20.0. The summed E-state index contributed by atoms with van der Waals surface area (Å²) in [7, 11) is 1.51. The zero-order valence-electron chi connectivity index (χ0n) is 15.5. The topological polar surface area (TPSA) is 88.2 Å². The quantitative estimate of drug-likeness (QED) is 0.471. The number of anilines is 1. The molecule has 0 spiro atoms. The van der Waals surface area contributed by atoms with Crippen molar-refractivity contribution in [2.75, 3.05) is 12.4 Å². The fourth-order valence-electron chi connectivity index (χ4n) is 2.46. The SMILES string of the molecule is COc1ccc(Cl)cc1NC(=O)C(C)Sc1c(=O)o[nH][n+]1-c1ccc(C)cc1. The summed E-state index contributed by atoms with van der Waals surface area (Å²) < 4.78 is 11.7. The molecule has 1 heterocycles. The number of methoxy groups -OCH3 is 1. The van der Waals surface area contributed by atoms with Crippen LogP contribution in [-0.4, -0.2) is 23.5 Å². The van der Waals surface area contributed by atoms with Gasteiger partial charge in [0.05, 0.1) is 18.0 Å². The molecular formula is C19H19ClN3O4S+. The Bertz CT molecular complexity index is 1050. The highest BCUT2D eigenvalue weighted by atomic mass is 35.5. The second-order valence-electron chi connectivity index (χ2n) is 6.05. The van der Waals surface area contributed by atoms with E-state index in [0.717, 1.165) is 23.0 Å². The summed E-state index contributed by atoms with van der Waals surface area (Å²) >= 11 is 7.09. The summed E-state index contributed by atoms with van der Waals surface area (Å²) in [5, 5.41) is 5.50. The number of nitrogens with one attached hydrogen (secondary N) is 2. The van der Waals surface area contributed by atoms with Crippen molar-refractivity contribution in [2.24, 2.45) is 0 Å². The van der Waals surface area contributed by atoms with E-state index < -0.39 is 10.9 Å². The molecule has 0 saturated carbocycles. The maximum atomic E-state index is 12.6. The minimum Gasteiger partial charge on any atom is -0.495 e. The molecule has 0 aliphatic heterocycles. The largest absolute Gasteiger partial charge is 0.495 e. The molecule has 146 valence electrons. The summed E-state index contributed by atoms with van der Waals surface area (Å²) in [4.78, 5) is 24.8. The Hall–Kier alpha value is -2.71. The first-order valence-electron chi connectivity index (χ1n) is 8.40. The fourth-order valence-corrected chi connectivity index (χ4v) is 3.52. The van der Waals surface area contributed by atoms with E-state index in [1.165, 1.54) is 11.8 Å². The van der Waals surface area contributed by atoms with E-state index in [4.69, 9.17) is 20.9 Å². The van der Waals surface area contributed by atoms with Crippen molar-refractivity contribution in [3.05, 3.63) is 63.5 Å². The van der Waals surface area contributed by atoms with E-state index in [9.17, 15) is 9.59 Å². The Labute approximate surface area is 170 Å². The molecule has 0 saturated heterocycles. The van der Waals surface area contributed by atoms with Gasteiger partial charge in [0.25, 0.3) is 0 Å². The van der Waals surface area contributed by atoms with Gasteiger partial charge in [-0.25, -0.2) is 4.79 Å². The molecule has 7 nitrogen and oxygen atoms in total. The van der Waals surface area contributed by atoms with E-state index in [-0.39, 0.29) is 10.9 Å². The lowest BCUT2D eigenvalue weighted by atomic mass is 10.2. The molecule has 0 aliphatic carbocycles. The van der Waals surface area contributed by atoms with Crippen molar-refractivity contribution in [3.63, 3.8) is 0 Å². The van der Waals surface area contributed by atoms with Crippen molar-refractivity contribution < 1.29 is 18.7 Å². The Kier molecular flexibility index (Phi) is 6.11. The molecule has 0 radical (unpaired) electrons. The zero-order chi connectivity index (χ0) is 20.3. The average Bonchev–Trinajstić information content (AvgIpc) is 3.03. The summed E-state index contributed by atoms with van der Waals surface area (Å²) in [6, 6.07) is 12.5. The van der Waals surface area contributed by atoms with Gasteiger partial charge in [-0.2, -0.15) is 0 Å². The van der Waals surface area contributed by atoms with Crippen molar-refractivity contribution in [2.45, 2.75) is 24.1 Å². The van der Waals surface area contributed by atoms with Crippen molar-refractivity contribution in [3.8, 4) is 11.4 Å². The summed E-state index contributed by atoms with van der Waals surface area (Å²) in [6.45, 7) is 3.67. The Morgan fingerprint density at radius 1 is 1.29 bits per heavy atom. The van der Waals surface area contributed by atoms with Crippen LogP contribution in [0.15, 0.2) is 56.8 Å². The first-order valence-corrected chi connectivity index (χ1v) is 9.66. The summed E-state index contributed by atoms with van der Waals surface area (Å²) in [6.07, 6.45) is 0. The van der Waals surface area contributed by atoms with Gasteiger partial charge in [0.1, 0.15) is 5.75 Å². The molecule has 1 amide bonds. The number of carbonyl (C=O) groups excluding carboxylic acids is 1. The standard InChI is InChI=1S/C19H18ClN3O4S/c1-11-4-7-14(8-5-11)23-18(19(25)27-22-23)28-12(2)17(24)21-15-10-13(20)6-9-16(15)26-3/h4-10,12H,1-3H3,(H-,21,22,24,25)/p+1. The third-order valence-corrected chi connectivity index (χ3v) is 5.35. The first-order chi connectivity index (χ1) is 13.4. The molecule has 28 heavy (non-hydrogen) atoms. The Morgan fingerprint density at radius 3 is 2.68 bits per heavy atom. The van der Waals surface area contributed by atoms with Crippen LogP contribution >= 0.6 is 23.4 Å². The predicted octanol–water partition coefficient (Wildman–Crippen LogP) is 3.33. The van der Waals surface area contributed by atoms with Gasteiger partial charge in [-0.05, 0) is 53.8 Å². The predicted molar refractivity (Wildman–Crippen MR) is 108 cm³/mol. The van der Waals surface area contributed by atoms with Crippen LogP contribution in [0, 0.1) is 6.92 Å². The van der Waals surface area contributed by atoms with Crippen LogP contribution < -0.4 is 20.4 Å². The van der Waals surface area contributed by atoms with Gasteiger partial charge in [0.15, 0.2) is 0 Å². The second kappa shape index (κ2) is 8.53. The van der Waals surface area contributed by atoms with E-state index in [2.05, 4.69) is 10.6 Å². The molecule has 0 aliphatic rings. The number of hydrogen-bond acceptors (Lipinski definition) is 5. The third-order valence-electron chi connectivity index (χ3n) is 3.98. The van der Waals surface area contributed by atoms with Crippen LogP contribution in [0.25, 0.3) is 5.69 Å². The van der Waals surface area contributed by atoms with Crippen LogP contribution in [0.3, 0.4) is 0 Å². The van der Waals surface area contributed by atoms with Crippen LogP contribution in [0.2, 0.25) is 5.02 Å². The normalized spacial score (nSPS) is 11.9. The van der Waals surface area contributed by atoms with Crippen molar-refractivity contribution >= 4 is 35.0 Å². The average molecular weight is 421 g/mol. The molecular weight excluding hydrogens is 402 g/mol. The number of thioether (sulfide) groups is 1. The number of ether oxygens (including phenoxy) is 1. The number of rotatable bonds is 6. The number of amides is 1. The molecule has 1 atom stereocenters. The van der Waals surface area contributed by atoms with Gasteiger partial charge in [0.2, 0.25) is 11.6 Å². The number of aromatic nitrogens is 2. The zero-order valence-corrected chi connectivity index (χ0v) is 17.1. The number of aromatic amines is 1. The maximum absolute atomic E-state index is 12.6. The Balaban J connectivity index is 1.80. The molecule has 3 aromatic rings. The highest BCUT2D eigenvalue weighted by Gasteiger charge is 2.29. The van der Waals surface area contributed by atoms with E-state index in [1.807, 2.05) is 31.2 Å². The van der Waals surface area contributed by atoms with Crippen molar-refractivity contribution in [1.82, 2.24) is 5.27 Å². The lowest BCUT2D eigenvalue weighted by molar-refractivity contribution is -0.704. The molecule has 0 fully saturated rings. The van der Waals surface area contributed by atoms with Gasteiger partial charge < -0.3 is 10.1 Å². The van der Waals surface area contributed by atoms with E-state index in [0.29, 0.717) is 16.5 Å². The van der Waals surface area contributed by atoms with Gasteiger partial charge in [-0.15, -0.1) is 0 Å². The van der Waals surface area contributed by atoms with Gasteiger partial charge in [-0.3, -0.25) is 9.32 Å². The minimum atomic E-state index is -0.584. The molecule has 3 rings (SSSR count). The Morgan fingerprint density at radius 2 is 2.00 bits per heavy atom. The lowest BCUT2D eigenvalue weighted by Crippen LogP contribution is -2.37. The monoisotopic (exact) mass is 420 g/mol. The maximum Gasteiger partial charge on any atom is 0.442 e. The van der Waals surface area contributed by atoms with Crippen LogP contribution in [0.4, 0.5) is 5.69 Å². The number of benzene rings is 2. The second-order valence-corrected chi connectivity index (χ2v) is 7.82. The van der Waals surface area contributed by atoms with E-state index in [1.54, 1.807) is 25.1 Å². The van der Waals surface area contributed by atoms with Gasteiger partial charge >= 0.3 is 10.7 Å². The van der Waals surface area contributed by atoms with Crippen LogP contribution in [0.1, 0.15) is 12.5 Å². The van der Waals surface area contributed by atoms with Crippen LogP contribution in [-0.2, 0) is 4.79 Å². The number of halogens is 1. The number of H-pyrrole nitrogens is 1. The minimum absolute atomic E-state index is 0.268. The number of nitrogens with zero attached hydrogens (tertiary/aromatic N) is 1. The van der Waals surface area contributed by atoms with E-state index >= 15 is 0 Å². The summed E-state index contributed by atoms with van der Waals surface area (Å²) in [5.74, 6) is 0.187. The molecule has 0 bridgehead atoms. The summed E-state index contributed by atoms with van der Waals surface area (Å²) in [5.41, 5.74) is 1.72. The smallest absolute Gasteiger partial charge is 0.442 e. The number of hydrogen-bond donors (Lipinski definition) is 2. The number of carbonyl (C=O) groups is 1. The molecule has 9 heteroatoms. The molecule has 1 aromatic heterocycles. The highest BCUT2D eigenvalue weighted by Crippen LogP contribution is 2.29. The fraction of sp³-hybridized carbons (Fsp3) is 0.211. The van der Waals surface area contributed by atoms with Crippen LogP contribution in [0.5, 0.6) is 5.75 Å². The number of aryl methyl sites for hydroxylation is 1. The molecule has 2 N–H and O–H groups in total. The van der Waals surface area contributed by atoms with Crippen molar-refractivity contribution in [1.29, 1.82) is 0 Å². The molecule has 2 aromatic carbocycles. The van der Waals surface area contributed by atoms with Gasteiger partial charge in [0, 0.05) is 17.2 Å². The highest BCUT2D eigenvalue weighted by molar-refractivity contribution is 8.00.